The van der Waals surface area contributed by atoms with Gasteiger partial charge in [-0.1, -0.05) is 42.5 Å². The van der Waals surface area contributed by atoms with Crippen LogP contribution in [0.25, 0.3) is 0 Å². The third-order valence-electron chi connectivity index (χ3n) is 2.63. The molecule has 4 heteroatoms. The quantitative estimate of drug-likeness (QED) is 0.247. The third-order valence-corrected chi connectivity index (χ3v) is 3.01. The Hall–Kier alpha value is -1.43. The Morgan fingerprint density at radius 3 is 2.25 bits per heavy atom. The van der Waals surface area contributed by atoms with Gasteiger partial charge < -0.3 is 4.74 Å². The predicted molar refractivity (Wildman–Crippen MR) is 87.5 cm³/mol. The highest BCUT2D eigenvalue weighted by Gasteiger charge is 2.07. The van der Waals surface area contributed by atoms with Crippen LogP contribution < -0.4 is 0 Å². The molecular weight excluding hydrogens is 367 g/mol. The Balaban J connectivity index is 2.57. The van der Waals surface area contributed by atoms with Gasteiger partial charge in [0.25, 0.3) is 0 Å². The van der Waals surface area contributed by atoms with Crippen LogP contribution in [-0.4, -0.2) is 9.76 Å². The number of halogens is 1. The molecule has 0 heterocycles. The molecule has 0 bridgehead atoms. The zero-order chi connectivity index (χ0) is 15.0. The van der Waals surface area contributed by atoms with Crippen LogP contribution >= 0.6 is 22.6 Å². The Labute approximate surface area is 132 Å². The lowest BCUT2D eigenvalue weighted by Crippen LogP contribution is -2.06. The van der Waals surface area contributed by atoms with Gasteiger partial charge in [0, 0.05) is 6.42 Å². The Kier molecular flexibility index (Phi) is 7.22. The van der Waals surface area contributed by atoms with Gasteiger partial charge >= 0.3 is 5.97 Å². The summed E-state index contributed by atoms with van der Waals surface area (Å²) in [7, 11) is 0. The van der Waals surface area contributed by atoms with Gasteiger partial charge in [0.1, 0.15) is 6.61 Å². The van der Waals surface area contributed by atoms with Crippen molar-refractivity contribution in [3.8, 4) is 0 Å². The highest BCUT2D eigenvalue weighted by Crippen LogP contribution is 2.10. The molecule has 0 amide bonds. The van der Waals surface area contributed by atoms with Crippen molar-refractivity contribution in [1.29, 1.82) is 0 Å². The monoisotopic (exact) mass is 384 g/mol. The van der Waals surface area contributed by atoms with Crippen LogP contribution in [0.2, 0.25) is 0 Å². The Bertz CT molecular complexity index is 527. The number of ether oxygens (including phenoxy) is 1. The first-order valence-electron chi connectivity index (χ1n) is 6.29. The molecule has 1 rings (SSSR count). The molecule has 0 aliphatic rings. The summed E-state index contributed by atoms with van der Waals surface area (Å²) in [6.07, 6.45) is 5.66. The number of rotatable bonds is 6. The van der Waals surface area contributed by atoms with Crippen molar-refractivity contribution >= 4 is 32.4 Å². The summed E-state index contributed by atoms with van der Waals surface area (Å²) in [5.74, 6) is -0.336. The maximum atomic E-state index is 11.8. The van der Waals surface area contributed by atoms with E-state index in [0.717, 1.165) is 11.1 Å². The second-order valence-electron chi connectivity index (χ2n) is 4.17. The van der Waals surface area contributed by atoms with E-state index in [1.165, 1.54) is 0 Å². The summed E-state index contributed by atoms with van der Waals surface area (Å²) in [5, 5.41) is 0. The first-order chi connectivity index (χ1) is 9.56. The van der Waals surface area contributed by atoms with Gasteiger partial charge in [-0.3, -0.25) is 4.79 Å². The molecule has 0 aliphatic carbocycles. The SMILES string of the molecule is C/C=C\C(=C/C)C(=O)OCc1ccc(CC(=O)I)cc1. The standard InChI is InChI=1S/C16H17IO3/c1-3-5-14(4-2)16(19)20-11-13-8-6-12(7-9-13)10-15(17)18/h3-9H,10-11H2,1-2H3/b5-3-,14-4+. The van der Waals surface area contributed by atoms with E-state index >= 15 is 0 Å². The first kappa shape index (κ1) is 16.6. The maximum absolute atomic E-state index is 11.8. The van der Waals surface area contributed by atoms with Crippen molar-refractivity contribution in [2.45, 2.75) is 26.9 Å². The molecule has 3 nitrogen and oxygen atoms in total. The lowest BCUT2D eigenvalue weighted by atomic mass is 10.1. The van der Waals surface area contributed by atoms with Crippen LogP contribution in [0.5, 0.6) is 0 Å². The molecule has 106 valence electrons. The maximum Gasteiger partial charge on any atom is 0.338 e. The highest BCUT2D eigenvalue weighted by molar-refractivity contribution is 14.1. The van der Waals surface area contributed by atoms with Crippen LogP contribution in [0.15, 0.2) is 48.1 Å². The van der Waals surface area contributed by atoms with Crippen molar-refractivity contribution in [3.05, 3.63) is 59.2 Å². The molecule has 1 aromatic carbocycles. The fourth-order valence-corrected chi connectivity index (χ4v) is 2.05. The van der Waals surface area contributed by atoms with E-state index in [2.05, 4.69) is 0 Å². The zero-order valence-electron chi connectivity index (χ0n) is 11.6. The van der Waals surface area contributed by atoms with Gasteiger partial charge in [-0.2, -0.15) is 0 Å². The Morgan fingerprint density at radius 2 is 1.75 bits per heavy atom. The van der Waals surface area contributed by atoms with Crippen LogP contribution in [0, 0.1) is 0 Å². The number of hydrogen-bond acceptors (Lipinski definition) is 3. The van der Waals surface area contributed by atoms with Gasteiger partial charge in [-0.25, -0.2) is 4.79 Å². The number of carbonyl (C=O) groups excluding carboxylic acids is 2. The van der Waals surface area contributed by atoms with Gasteiger partial charge in [0.05, 0.1) is 5.57 Å². The van der Waals surface area contributed by atoms with Crippen molar-refractivity contribution in [3.63, 3.8) is 0 Å². The lowest BCUT2D eigenvalue weighted by Gasteiger charge is -2.06. The average Bonchev–Trinajstić information content (AvgIpc) is 2.43. The van der Waals surface area contributed by atoms with Gasteiger partial charge in [0.2, 0.25) is 0 Å². The molecular formula is C16H17IO3. The minimum absolute atomic E-state index is 0.103. The number of benzene rings is 1. The van der Waals surface area contributed by atoms with E-state index in [1.54, 1.807) is 47.7 Å². The summed E-state index contributed by atoms with van der Waals surface area (Å²) in [5.41, 5.74) is 2.40. The second kappa shape index (κ2) is 8.68. The zero-order valence-corrected chi connectivity index (χ0v) is 13.7. The average molecular weight is 384 g/mol. The van der Waals surface area contributed by atoms with E-state index in [1.807, 2.05) is 31.2 Å². The number of carbonyl (C=O) groups is 2. The summed E-state index contributed by atoms with van der Waals surface area (Å²) in [4.78, 5) is 22.7. The molecule has 20 heavy (non-hydrogen) atoms. The topological polar surface area (TPSA) is 43.4 Å². The number of hydrogen-bond donors (Lipinski definition) is 0. The van der Waals surface area contributed by atoms with Crippen molar-refractivity contribution in [2.75, 3.05) is 0 Å². The van der Waals surface area contributed by atoms with Crippen molar-refractivity contribution in [1.82, 2.24) is 0 Å². The van der Waals surface area contributed by atoms with Crippen molar-refractivity contribution < 1.29 is 14.3 Å². The molecule has 0 atom stereocenters. The summed E-state index contributed by atoms with van der Waals surface area (Å²) < 4.78 is 5.33. The van der Waals surface area contributed by atoms with E-state index in [-0.39, 0.29) is 16.4 Å². The van der Waals surface area contributed by atoms with Crippen LogP contribution in [0.1, 0.15) is 25.0 Å². The molecule has 0 aromatic heterocycles. The van der Waals surface area contributed by atoms with Crippen LogP contribution in [-0.2, 0) is 27.4 Å². The molecule has 0 unspecified atom stereocenters. The lowest BCUT2D eigenvalue weighted by molar-refractivity contribution is -0.139. The molecule has 0 spiro atoms. The summed E-state index contributed by atoms with van der Waals surface area (Å²) in [6.45, 7) is 3.88. The largest absolute Gasteiger partial charge is 0.457 e. The van der Waals surface area contributed by atoms with E-state index < -0.39 is 0 Å². The highest BCUT2D eigenvalue weighted by atomic mass is 127. The molecule has 0 N–H and O–H groups in total. The van der Waals surface area contributed by atoms with Gasteiger partial charge in [0.15, 0.2) is 3.79 Å². The normalized spacial score (nSPS) is 11.7. The summed E-state index contributed by atoms with van der Waals surface area (Å²) >= 11 is 1.78. The van der Waals surface area contributed by atoms with Gasteiger partial charge in [-0.05, 0) is 47.6 Å². The molecule has 0 saturated carbocycles. The molecule has 0 fully saturated rings. The van der Waals surface area contributed by atoms with Crippen LogP contribution in [0.4, 0.5) is 0 Å². The van der Waals surface area contributed by atoms with Crippen molar-refractivity contribution in [2.24, 2.45) is 0 Å². The second-order valence-corrected chi connectivity index (χ2v) is 5.37. The summed E-state index contributed by atoms with van der Waals surface area (Å²) in [6, 6.07) is 7.49. The Morgan fingerprint density at radius 1 is 1.15 bits per heavy atom. The van der Waals surface area contributed by atoms with Crippen LogP contribution in [0.3, 0.4) is 0 Å². The fraction of sp³-hybridized carbons (Fsp3) is 0.250. The minimum atomic E-state index is -0.336. The minimum Gasteiger partial charge on any atom is -0.457 e. The first-order valence-corrected chi connectivity index (χ1v) is 7.37. The molecule has 0 saturated heterocycles. The van der Waals surface area contributed by atoms with E-state index in [4.69, 9.17) is 4.74 Å². The fourth-order valence-electron chi connectivity index (χ4n) is 1.61. The number of allylic oxidation sites excluding steroid dienone is 2. The van der Waals surface area contributed by atoms with E-state index in [9.17, 15) is 9.59 Å². The smallest absolute Gasteiger partial charge is 0.338 e. The van der Waals surface area contributed by atoms with Gasteiger partial charge in [-0.15, -0.1) is 0 Å². The molecule has 0 radical (unpaired) electrons. The predicted octanol–water partition coefficient (Wildman–Crippen LogP) is 3.76. The molecule has 1 aromatic rings. The number of esters is 1. The third kappa shape index (κ3) is 5.69. The molecule has 0 aliphatic heterocycles. The van der Waals surface area contributed by atoms with E-state index in [0.29, 0.717) is 12.0 Å².